The summed E-state index contributed by atoms with van der Waals surface area (Å²) in [5.41, 5.74) is 14.7. The number of rotatable bonds is 49. The number of aliphatic carboxylic acids is 1. The van der Waals surface area contributed by atoms with Gasteiger partial charge in [0.1, 0.15) is 97.0 Å². The second-order valence-corrected chi connectivity index (χ2v) is 38.6. The first-order valence-electron chi connectivity index (χ1n) is 47.8. The molecule has 782 valence electrons. The molecule has 5 aliphatic heterocycles. The summed E-state index contributed by atoms with van der Waals surface area (Å²) in [7, 11) is 4.49. The summed E-state index contributed by atoms with van der Waals surface area (Å²) in [5.74, 6) is -17.2. The highest BCUT2D eigenvalue weighted by Gasteiger charge is 2.51. The third-order valence-corrected chi connectivity index (χ3v) is 26.9. The number of phenols is 1. The van der Waals surface area contributed by atoms with E-state index in [1.54, 1.807) is 120 Å². The third kappa shape index (κ3) is 30.5. The van der Waals surface area contributed by atoms with Crippen molar-refractivity contribution >= 4 is 147 Å². The second-order valence-electron chi connectivity index (χ2n) is 37.6. The Morgan fingerprint density at radius 2 is 1.26 bits per heavy atom. The highest BCUT2D eigenvalue weighted by atomic mass is 32.2. The average Bonchev–Trinajstić information content (AvgIpc) is 1.64. The van der Waals surface area contributed by atoms with Crippen molar-refractivity contribution in [2.75, 3.05) is 85.6 Å². The Balaban J connectivity index is 0.904. The third-order valence-electron chi connectivity index (χ3n) is 25.9. The van der Waals surface area contributed by atoms with Crippen LogP contribution in [0.25, 0.3) is 21.8 Å². The number of aromatic nitrogens is 2. The smallest absolute Gasteiger partial charge is 0.494 e. The Bertz CT molecular complexity index is 5580. The van der Waals surface area contributed by atoms with E-state index in [2.05, 4.69) is 63.5 Å². The van der Waals surface area contributed by atoms with Gasteiger partial charge in [-0.15, -0.1) is 11.8 Å². The Kier molecular flexibility index (Phi) is 41.0. The quantitative estimate of drug-likeness (QED) is 0.0158. The largest absolute Gasteiger partial charge is 0.508 e. The number of likely N-dealkylation sites (N-methyl/N-ethyl adjacent to an activating group) is 2. The van der Waals surface area contributed by atoms with Crippen LogP contribution in [0, 0.1) is 11.8 Å². The molecule has 11 rings (SSSR count). The number of phenolic OH excluding ortho intramolecular Hbond substituents is 1. The van der Waals surface area contributed by atoms with Crippen LogP contribution >= 0.6 is 11.8 Å². The molecule has 46 nitrogen and oxygen atoms in total. The van der Waals surface area contributed by atoms with Gasteiger partial charge in [0.15, 0.2) is 0 Å². The molecule has 2 unspecified atom stereocenters. The van der Waals surface area contributed by atoms with E-state index in [1.807, 2.05) is 0 Å². The van der Waals surface area contributed by atoms with Crippen LogP contribution < -0.4 is 75.4 Å². The zero-order valence-electron chi connectivity index (χ0n) is 82.0. The van der Waals surface area contributed by atoms with Gasteiger partial charge < -0.3 is 144 Å². The highest BCUT2D eigenvalue weighted by molar-refractivity contribution is 8.00. The van der Waals surface area contributed by atoms with Gasteiger partial charge in [0, 0.05) is 126 Å². The molecule has 5 aliphatic rings. The molecule has 48 heteroatoms. The monoisotopic (exact) mass is 2020 g/mol. The maximum absolute atomic E-state index is 16.0. The molecule has 19 atom stereocenters. The number of β-amino-alcohol motifs (C(OH)–C–C–N with tert-alkyl or cyclic N) is 1. The van der Waals surface area contributed by atoms with Gasteiger partial charge in [-0.3, -0.25) is 86.4 Å². The molecule has 4 aromatic carbocycles. The number of hydrogen-bond acceptors (Lipinski definition) is 28. The first kappa shape index (κ1) is 113. The number of aliphatic hydroxyl groups excluding tert-OH is 5. The topological polar surface area (TPSA) is 672 Å². The highest BCUT2D eigenvalue weighted by Crippen LogP contribution is 2.31. The number of carboxylic acids is 1. The predicted octanol–water partition coefficient (Wildman–Crippen LogP) is -5.81. The fraction of sp³-hybridized carbons (Fsp3) is 0.531. The number of aliphatic hydroxyl groups is 5. The maximum Gasteiger partial charge on any atom is 0.494 e. The normalized spacial score (nSPS) is 19.9. The number of carboxylic acid groups (broad SMARTS) is 1. The van der Waals surface area contributed by atoms with Crippen molar-refractivity contribution in [3.8, 4) is 5.75 Å². The summed E-state index contributed by atoms with van der Waals surface area (Å²) >= 11 is 0.829. The number of H-pyrrole nitrogens is 1. The number of nitrogens with two attached hydrogens (primary N) is 2. The number of likely N-dealkylation sites (tertiary alicyclic amines) is 2. The van der Waals surface area contributed by atoms with E-state index in [9.17, 15) is 88.5 Å². The Morgan fingerprint density at radius 1 is 0.639 bits per heavy atom. The zero-order valence-corrected chi connectivity index (χ0v) is 82.8. The lowest BCUT2D eigenvalue weighted by molar-refractivity contribution is -0.165. The number of thioether (sulfide) groups is 1. The van der Waals surface area contributed by atoms with Crippen molar-refractivity contribution in [2.24, 2.45) is 23.3 Å². The van der Waals surface area contributed by atoms with Crippen molar-refractivity contribution in [2.45, 2.75) is 228 Å². The van der Waals surface area contributed by atoms with Crippen molar-refractivity contribution < 1.29 is 127 Å². The number of hydrogen-bond donors (Lipinski definition) is 21. The summed E-state index contributed by atoms with van der Waals surface area (Å²) in [6.45, 7) is 5.68. The number of aromatic hydroxyl groups is 1. The van der Waals surface area contributed by atoms with E-state index >= 15 is 28.8 Å². The molecule has 0 radical (unpaired) electrons. The van der Waals surface area contributed by atoms with E-state index in [1.165, 1.54) is 73.6 Å². The fourth-order valence-corrected chi connectivity index (χ4v) is 18.8. The Labute approximate surface area is 835 Å². The van der Waals surface area contributed by atoms with Crippen molar-refractivity contribution in [3.63, 3.8) is 0 Å². The lowest BCUT2D eigenvalue weighted by Gasteiger charge is -2.42. The molecule has 3 saturated heterocycles. The van der Waals surface area contributed by atoms with E-state index in [4.69, 9.17) is 20.8 Å². The number of nitrogens with zero attached hydrogens (tertiary/aromatic N) is 6. The van der Waals surface area contributed by atoms with Gasteiger partial charge >= 0.3 is 13.1 Å². The summed E-state index contributed by atoms with van der Waals surface area (Å²) < 4.78 is 13.6. The molecule has 0 saturated carbocycles. The molecule has 0 aliphatic carbocycles. The molecule has 6 aromatic rings. The zero-order chi connectivity index (χ0) is 105. The number of para-hydroxylation sites is 2. The van der Waals surface area contributed by atoms with E-state index in [0.717, 1.165) is 26.5 Å². The van der Waals surface area contributed by atoms with Gasteiger partial charge in [-0.25, -0.2) is 0 Å². The first-order valence-corrected chi connectivity index (χ1v) is 48.9. The minimum atomic E-state index is -1.86. The van der Waals surface area contributed by atoms with Gasteiger partial charge in [-0.05, 0) is 110 Å². The molecule has 3 fully saturated rings. The van der Waals surface area contributed by atoms with Crippen LogP contribution in [-0.2, 0) is 123 Å². The number of aromatic amines is 1. The standard InChI is InChI=1S/C96H133BN20O26S/c1-11-51(4)81(96(141)117-43-60(121)37-74(117)92(137)106-66(35-56-39-101-63-19-14-12-17-61(56)63)89(134)105-64(30-31-100-7)87(132)108-68(93(138)112(8)9)36-57-42-115(46-80(127)128)72-20-15-13-18-62(57)72)111-90(135)70(44-114-41-55-22-26-58(27-23-55)97-142-83(75(122)45-114)82(129)84(143-97)76(123)47-118)109-91(136)73-21-16-32-116(73)95(140)69(38-77(98)124)107-85(130)52(5)113(10)94(139)67(34-54-24-28-59(120)29-25-54)104-79(126)49-144-48-71(86(131)102-40-78(99)125)110-88(133)65(33-50(2)3)103-53(6)119/h12-15,17-20,22-29,39,42,50-52,60,64-71,73-76,81-84,100-101,118,120-123,129H,11,16,21,30-38,40-41,43-49H2,1-10H3,(H2,98,124)(H2,99,125)(H,102,131)(H,103,119)(H,104,126)(H,105,134)(H,106,137)(H,107,130)(H,108,132)(H,109,136)(H,110,133)(H,111,135)(H,127,128)/t51?,52-,60+,64-,65-,66-,67-,68-,69-,70-,71-,73-,74-,75+,76?,81-,82-,83+,84+/m0/s1. The van der Waals surface area contributed by atoms with Gasteiger partial charge in [-0.2, -0.15) is 0 Å². The average molecular weight is 2030 g/mol. The number of carbonyl (C=O) groups is 17. The van der Waals surface area contributed by atoms with Crippen LogP contribution in [0.5, 0.6) is 5.75 Å². The number of carbonyl (C=O) groups excluding carboxylic acids is 16. The minimum Gasteiger partial charge on any atom is -0.508 e. The lowest BCUT2D eigenvalue weighted by Crippen LogP contribution is -2.64. The molecular formula is C96H133BN20O26S. The van der Waals surface area contributed by atoms with E-state index in [-0.39, 0.29) is 88.4 Å². The van der Waals surface area contributed by atoms with Crippen molar-refractivity contribution in [1.82, 2.24) is 92.5 Å². The van der Waals surface area contributed by atoms with Crippen LogP contribution in [-0.4, -0.2) is 372 Å². The predicted molar refractivity (Wildman–Crippen MR) is 525 cm³/mol. The number of fused-ring (bicyclic) bond motifs is 7. The van der Waals surface area contributed by atoms with Crippen molar-refractivity contribution in [1.29, 1.82) is 0 Å². The fourth-order valence-electron chi connectivity index (χ4n) is 18.0. The van der Waals surface area contributed by atoms with Gasteiger partial charge in [0.2, 0.25) is 94.5 Å². The van der Waals surface area contributed by atoms with Crippen LogP contribution in [0.3, 0.4) is 0 Å². The van der Waals surface area contributed by atoms with Gasteiger partial charge in [0.05, 0.1) is 49.7 Å². The van der Waals surface area contributed by atoms with Crippen LogP contribution in [0.2, 0.25) is 0 Å². The van der Waals surface area contributed by atoms with E-state index in [0.29, 0.717) is 49.5 Å². The van der Waals surface area contributed by atoms with Crippen LogP contribution in [0.4, 0.5) is 0 Å². The summed E-state index contributed by atoms with van der Waals surface area (Å²) in [6.07, 6.45) is -8.18. The summed E-state index contributed by atoms with van der Waals surface area (Å²) in [5, 5.41) is 108. The Morgan fingerprint density at radius 3 is 1.92 bits per heavy atom. The molecule has 2 aromatic heterocycles. The van der Waals surface area contributed by atoms with Gasteiger partial charge in [0.25, 0.3) is 0 Å². The van der Waals surface area contributed by atoms with Crippen LogP contribution in [0.15, 0.2) is 109 Å². The molecule has 23 N–H and O–H groups in total. The Hall–Kier alpha value is -13.2. The number of benzene rings is 4. The SMILES string of the molecule is CCC(C)[C@H](NC(=O)[C@H](CN1Cc2ccc(cc2)B2O[C@@H]([C@H](O)[C@@H](C(O)CO)O2)[C@H](O)C1)NC(=O)[C@@H]1CCCN1C(=O)[C@H](CC(N)=O)NC(=O)[C@H](C)N(C)C(=O)[C@H](Cc1ccc(O)cc1)NC(=O)CSC[C@H](NC(=O)[C@H](CC(C)C)NC(C)=O)C(=O)NCC(N)=O)C(=O)N1C[C@H](O)C[C@H]1C(=O)N[C@@H](Cc1c[nH]c2ccccc12)C(=O)N[C@@H](CCNC)C(=O)N[C@@H](Cc1cn(CC(=O)O)c2ccccc12)C(=O)N(C)C. The number of amides is 16. The molecule has 4 bridgehead atoms. The second kappa shape index (κ2) is 52.4. The number of primary amides is 2. The number of nitrogens with one attached hydrogen (secondary N) is 12. The lowest BCUT2D eigenvalue weighted by atomic mass is 9.75. The van der Waals surface area contributed by atoms with Crippen molar-refractivity contribution in [3.05, 3.63) is 132 Å². The maximum atomic E-state index is 16.0. The summed E-state index contributed by atoms with van der Waals surface area (Å²) in [4.78, 5) is 251. The summed E-state index contributed by atoms with van der Waals surface area (Å²) in [6, 6.07) is 7.95. The molecule has 144 heavy (non-hydrogen) atoms. The molecular weight excluding hydrogens is 1890 g/mol. The molecule has 16 amide bonds. The van der Waals surface area contributed by atoms with Gasteiger partial charge in [-0.1, -0.05) is 107 Å². The minimum absolute atomic E-state index is 0.0692. The molecule has 7 heterocycles. The van der Waals surface area contributed by atoms with Crippen LogP contribution in [0.1, 0.15) is 109 Å². The first-order chi connectivity index (χ1) is 68.3. The van der Waals surface area contributed by atoms with E-state index < -0.39 is 281 Å². The molecule has 0 spiro atoms.